The summed E-state index contributed by atoms with van der Waals surface area (Å²) in [7, 11) is 0. The molecule has 0 fully saturated rings. The summed E-state index contributed by atoms with van der Waals surface area (Å²) in [5, 5.41) is 11.7. The van der Waals surface area contributed by atoms with Crippen molar-refractivity contribution in [1.82, 2.24) is 5.32 Å². The molecule has 0 atom stereocenters. The molecule has 0 aromatic heterocycles. The van der Waals surface area contributed by atoms with Gasteiger partial charge in [-0.15, -0.1) is 0 Å². The summed E-state index contributed by atoms with van der Waals surface area (Å²) >= 11 is 0. The van der Waals surface area contributed by atoms with Crippen molar-refractivity contribution < 1.29 is 4.79 Å². The van der Waals surface area contributed by atoms with Crippen LogP contribution in [0.15, 0.2) is 29.8 Å². The lowest BCUT2D eigenvalue weighted by Crippen LogP contribution is -2.30. The first kappa shape index (κ1) is 15.0. The maximum atomic E-state index is 11.8. The van der Waals surface area contributed by atoms with Crippen molar-refractivity contribution in [3.8, 4) is 6.07 Å². The smallest absolute Gasteiger partial charge is 0.262 e. The van der Waals surface area contributed by atoms with Crippen LogP contribution >= 0.6 is 0 Å². The van der Waals surface area contributed by atoms with Gasteiger partial charge in [0.25, 0.3) is 5.91 Å². The molecule has 0 saturated heterocycles. The zero-order chi connectivity index (χ0) is 14.4. The molecule has 1 rings (SSSR count). The quantitative estimate of drug-likeness (QED) is 0.664. The summed E-state index contributed by atoms with van der Waals surface area (Å²) in [5.41, 5.74) is 2.23. The lowest BCUT2D eigenvalue weighted by molar-refractivity contribution is -0.117. The SMILES string of the molecule is CC(C)NC(=O)C(C#N)=Cc1ccc(C(C)C)cc1. The highest BCUT2D eigenvalue weighted by Gasteiger charge is 2.09. The summed E-state index contributed by atoms with van der Waals surface area (Å²) in [6.07, 6.45) is 1.61. The maximum Gasteiger partial charge on any atom is 0.262 e. The third-order valence-corrected chi connectivity index (χ3v) is 2.70. The van der Waals surface area contributed by atoms with Crippen LogP contribution in [0.2, 0.25) is 0 Å². The van der Waals surface area contributed by atoms with E-state index in [2.05, 4.69) is 19.2 Å². The van der Waals surface area contributed by atoms with Crippen molar-refractivity contribution in [2.45, 2.75) is 39.7 Å². The Hall–Kier alpha value is -2.08. The average molecular weight is 256 g/mol. The first-order valence-electron chi connectivity index (χ1n) is 6.46. The molecule has 0 bridgehead atoms. The summed E-state index contributed by atoms with van der Waals surface area (Å²) < 4.78 is 0. The van der Waals surface area contributed by atoms with Crippen molar-refractivity contribution in [2.75, 3.05) is 0 Å². The molecular weight excluding hydrogens is 236 g/mol. The van der Waals surface area contributed by atoms with Crippen LogP contribution in [0.3, 0.4) is 0 Å². The Bertz CT molecular complexity index is 505. The molecule has 3 heteroatoms. The summed E-state index contributed by atoms with van der Waals surface area (Å²) in [6, 6.07) is 9.85. The number of hydrogen-bond acceptors (Lipinski definition) is 2. The lowest BCUT2D eigenvalue weighted by atomic mass is 10.0. The number of nitrogens with one attached hydrogen (secondary N) is 1. The Morgan fingerprint density at radius 3 is 2.21 bits per heavy atom. The van der Waals surface area contributed by atoms with Gasteiger partial charge in [0, 0.05) is 6.04 Å². The van der Waals surface area contributed by atoms with Gasteiger partial charge in [0.15, 0.2) is 0 Å². The fraction of sp³-hybridized carbons (Fsp3) is 0.375. The molecule has 1 aromatic rings. The molecule has 19 heavy (non-hydrogen) atoms. The minimum absolute atomic E-state index is 0.0209. The van der Waals surface area contributed by atoms with E-state index in [1.807, 2.05) is 44.2 Å². The molecular formula is C16H20N2O. The molecule has 1 amide bonds. The molecule has 100 valence electrons. The van der Waals surface area contributed by atoms with Crippen molar-refractivity contribution in [3.05, 3.63) is 41.0 Å². The fourth-order valence-electron chi connectivity index (χ4n) is 1.63. The number of nitriles is 1. The predicted octanol–water partition coefficient (Wildman–Crippen LogP) is 3.24. The Balaban J connectivity index is 2.92. The molecule has 0 aliphatic heterocycles. The Morgan fingerprint density at radius 2 is 1.79 bits per heavy atom. The van der Waals surface area contributed by atoms with E-state index in [4.69, 9.17) is 5.26 Å². The third-order valence-electron chi connectivity index (χ3n) is 2.70. The second kappa shape index (κ2) is 6.75. The van der Waals surface area contributed by atoms with Crippen LogP contribution in [0.4, 0.5) is 0 Å². The zero-order valence-electron chi connectivity index (χ0n) is 11.9. The highest BCUT2D eigenvalue weighted by Crippen LogP contribution is 2.16. The summed E-state index contributed by atoms with van der Waals surface area (Å²) in [6.45, 7) is 7.98. The van der Waals surface area contributed by atoms with Gasteiger partial charge in [0.05, 0.1) is 0 Å². The first-order valence-corrected chi connectivity index (χ1v) is 6.46. The molecule has 3 nitrogen and oxygen atoms in total. The molecule has 1 aromatic carbocycles. The van der Waals surface area contributed by atoms with E-state index in [0.717, 1.165) is 5.56 Å². The number of rotatable bonds is 4. The van der Waals surface area contributed by atoms with Crippen molar-refractivity contribution >= 4 is 12.0 Å². The molecule has 0 saturated carbocycles. The van der Waals surface area contributed by atoms with Gasteiger partial charge in [-0.1, -0.05) is 38.1 Å². The van der Waals surface area contributed by atoms with Crippen LogP contribution in [-0.4, -0.2) is 11.9 Å². The van der Waals surface area contributed by atoms with E-state index in [0.29, 0.717) is 5.92 Å². The second-order valence-corrected chi connectivity index (χ2v) is 5.12. The van der Waals surface area contributed by atoms with Gasteiger partial charge < -0.3 is 5.32 Å². The number of amides is 1. The van der Waals surface area contributed by atoms with Gasteiger partial charge in [-0.25, -0.2) is 0 Å². The molecule has 0 unspecified atom stereocenters. The van der Waals surface area contributed by atoms with Crippen LogP contribution in [0.1, 0.15) is 44.7 Å². The average Bonchev–Trinajstić information content (AvgIpc) is 2.35. The normalized spacial score (nSPS) is 11.5. The Labute approximate surface area is 114 Å². The van der Waals surface area contributed by atoms with E-state index in [1.165, 1.54) is 5.56 Å². The van der Waals surface area contributed by atoms with Crippen LogP contribution in [0, 0.1) is 11.3 Å². The molecule has 1 N–H and O–H groups in total. The van der Waals surface area contributed by atoms with Crippen molar-refractivity contribution in [3.63, 3.8) is 0 Å². The van der Waals surface area contributed by atoms with Gasteiger partial charge in [-0.3, -0.25) is 4.79 Å². The monoisotopic (exact) mass is 256 g/mol. The van der Waals surface area contributed by atoms with Crippen molar-refractivity contribution in [2.24, 2.45) is 0 Å². The van der Waals surface area contributed by atoms with Crippen LogP contribution in [0.25, 0.3) is 6.08 Å². The highest BCUT2D eigenvalue weighted by molar-refractivity contribution is 6.01. The second-order valence-electron chi connectivity index (χ2n) is 5.12. The Morgan fingerprint density at radius 1 is 1.21 bits per heavy atom. The number of carbonyl (C=O) groups excluding carboxylic acids is 1. The first-order chi connectivity index (χ1) is 8.93. The summed E-state index contributed by atoms with van der Waals surface area (Å²) in [5.74, 6) is 0.142. The van der Waals surface area contributed by atoms with Crippen LogP contribution in [-0.2, 0) is 4.79 Å². The largest absolute Gasteiger partial charge is 0.349 e. The van der Waals surface area contributed by atoms with Gasteiger partial charge in [-0.2, -0.15) is 5.26 Å². The minimum Gasteiger partial charge on any atom is -0.349 e. The van der Waals surface area contributed by atoms with E-state index < -0.39 is 0 Å². The van der Waals surface area contributed by atoms with E-state index in [9.17, 15) is 4.79 Å². The van der Waals surface area contributed by atoms with Gasteiger partial charge in [0.2, 0.25) is 0 Å². The molecule has 0 aliphatic carbocycles. The highest BCUT2D eigenvalue weighted by atomic mass is 16.1. The zero-order valence-corrected chi connectivity index (χ0v) is 11.9. The third kappa shape index (κ3) is 4.59. The number of benzene rings is 1. The summed E-state index contributed by atoms with van der Waals surface area (Å²) in [4.78, 5) is 11.8. The molecule has 0 aliphatic rings. The fourth-order valence-corrected chi connectivity index (χ4v) is 1.63. The standard InChI is InChI=1S/C16H20N2O/c1-11(2)14-7-5-13(6-8-14)9-15(10-17)16(19)18-12(3)4/h5-9,11-12H,1-4H3,(H,18,19). The number of carbonyl (C=O) groups is 1. The van der Waals surface area contributed by atoms with Crippen LogP contribution < -0.4 is 5.32 Å². The van der Waals surface area contributed by atoms with Crippen LogP contribution in [0.5, 0.6) is 0 Å². The molecule has 0 radical (unpaired) electrons. The number of hydrogen-bond donors (Lipinski definition) is 1. The minimum atomic E-state index is -0.328. The van der Waals surface area contributed by atoms with Gasteiger partial charge in [-0.05, 0) is 37.0 Å². The van der Waals surface area contributed by atoms with E-state index in [1.54, 1.807) is 6.08 Å². The topological polar surface area (TPSA) is 52.9 Å². The van der Waals surface area contributed by atoms with Gasteiger partial charge in [0.1, 0.15) is 11.6 Å². The number of nitrogens with zero attached hydrogens (tertiary/aromatic N) is 1. The van der Waals surface area contributed by atoms with Gasteiger partial charge >= 0.3 is 0 Å². The van der Waals surface area contributed by atoms with E-state index >= 15 is 0 Å². The molecule has 0 heterocycles. The van der Waals surface area contributed by atoms with Crippen molar-refractivity contribution in [1.29, 1.82) is 5.26 Å². The lowest BCUT2D eigenvalue weighted by Gasteiger charge is -2.07. The van der Waals surface area contributed by atoms with E-state index in [-0.39, 0.29) is 17.5 Å². The maximum absolute atomic E-state index is 11.8. The Kier molecular flexibility index (Phi) is 5.32. The predicted molar refractivity (Wildman–Crippen MR) is 77.4 cm³/mol. The molecule has 0 spiro atoms.